The Labute approximate surface area is 233 Å². The van der Waals surface area contributed by atoms with Crippen molar-refractivity contribution < 1.29 is 8.95 Å². The summed E-state index contributed by atoms with van der Waals surface area (Å²) in [5.74, 6) is 0.931. The molecule has 0 saturated carbocycles. The first-order valence-electron chi connectivity index (χ1n) is 13.9. The van der Waals surface area contributed by atoms with Gasteiger partial charge in [0.2, 0.25) is 0 Å². The maximum atomic E-state index is 12.9. The number of hydrogen-bond donors (Lipinski definition) is 2. The van der Waals surface area contributed by atoms with Crippen molar-refractivity contribution in [3.05, 3.63) is 36.2 Å². The van der Waals surface area contributed by atoms with Crippen molar-refractivity contribution in [3.8, 4) is 0 Å². The van der Waals surface area contributed by atoms with E-state index in [4.69, 9.17) is 14.7 Å². The van der Waals surface area contributed by atoms with Crippen molar-refractivity contribution in [1.29, 1.82) is 0 Å². The number of anilines is 2. The van der Waals surface area contributed by atoms with Gasteiger partial charge in [0.25, 0.3) is 0 Å². The molecule has 1 aromatic carbocycles. The Hall–Kier alpha value is -1.72. The van der Waals surface area contributed by atoms with Crippen LogP contribution >= 0.6 is 11.8 Å². The molecule has 10 heteroatoms. The van der Waals surface area contributed by atoms with Crippen molar-refractivity contribution in [1.82, 2.24) is 20.0 Å². The van der Waals surface area contributed by atoms with Crippen molar-refractivity contribution in [3.63, 3.8) is 0 Å². The second-order valence-corrected chi connectivity index (χ2v) is 15.2. The molecule has 206 valence electrons. The average Bonchev–Trinajstić information content (AvgIpc) is 3.41. The second-order valence-electron chi connectivity index (χ2n) is 12.2. The van der Waals surface area contributed by atoms with Crippen LogP contribution in [0.2, 0.25) is 0 Å². The first-order valence-corrected chi connectivity index (χ1v) is 15.8. The maximum absolute atomic E-state index is 12.9. The number of piperidine rings is 1. The first-order chi connectivity index (χ1) is 18.2. The maximum Gasteiger partial charge on any atom is 0.147 e. The molecule has 2 aromatic rings. The molecule has 5 heterocycles. The molecule has 4 aliphatic heterocycles. The summed E-state index contributed by atoms with van der Waals surface area (Å²) < 4.78 is 22.1. The predicted molar refractivity (Wildman–Crippen MR) is 154 cm³/mol. The van der Waals surface area contributed by atoms with Crippen LogP contribution in [0.25, 0.3) is 0 Å². The molecule has 0 radical (unpaired) electrons. The fourth-order valence-corrected chi connectivity index (χ4v) is 8.10. The van der Waals surface area contributed by atoms with Gasteiger partial charge in [-0.25, -0.2) is 18.9 Å². The summed E-state index contributed by atoms with van der Waals surface area (Å²) in [6, 6.07) is 7.38. The monoisotopic (exact) mass is 556 g/mol. The Bertz CT molecular complexity index is 1170. The molecule has 0 bridgehead atoms. The van der Waals surface area contributed by atoms with Crippen molar-refractivity contribution in [2.45, 2.75) is 79.8 Å². The normalized spacial score (nSPS) is 26.0. The number of benzene rings is 1. The zero-order valence-electron chi connectivity index (χ0n) is 22.9. The first kappa shape index (κ1) is 26.5. The molecule has 4 aliphatic rings. The van der Waals surface area contributed by atoms with Crippen LogP contribution in [0, 0.1) is 5.41 Å². The number of nitrogens with zero attached hydrogens (tertiary/aromatic N) is 4. The Morgan fingerprint density at radius 2 is 1.95 bits per heavy atom. The van der Waals surface area contributed by atoms with Crippen LogP contribution in [0.3, 0.4) is 0 Å². The summed E-state index contributed by atoms with van der Waals surface area (Å²) in [6.07, 6.45) is 6.96. The topological polar surface area (TPSA) is 82.6 Å². The Kier molecular flexibility index (Phi) is 7.22. The lowest BCUT2D eigenvalue weighted by atomic mass is 9.73. The van der Waals surface area contributed by atoms with Crippen LogP contribution in [0.4, 0.5) is 11.5 Å². The van der Waals surface area contributed by atoms with E-state index in [9.17, 15) is 4.21 Å². The summed E-state index contributed by atoms with van der Waals surface area (Å²) in [7, 11) is -1.12. The zero-order valence-corrected chi connectivity index (χ0v) is 24.5. The minimum absolute atomic E-state index is 0.0111. The van der Waals surface area contributed by atoms with E-state index in [1.165, 1.54) is 16.1 Å². The number of fused-ring (bicyclic) bond motifs is 1. The summed E-state index contributed by atoms with van der Waals surface area (Å²) in [5.41, 5.74) is 2.84. The minimum atomic E-state index is -1.12. The van der Waals surface area contributed by atoms with E-state index < -0.39 is 11.0 Å². The molecule has 0 aliphatic carbocycles. The van der Waals surface area contributed by atoms with E-state index in [2.05, 4.69) is 45.0 Å². The number of rotatable bonds is 6. The number of aromatic nitrogens is 2. The molecular formula is C28H40N6O2S2. The lowest BCUT2D eigenvalue weighted by molar-refractivity contribution is 0.0973. The van der Waals surface area contributed by atoms with Crippen LogP contribution in [0.5, 0.6) is 0 Å². The Morgan fingerprint density at radius 1 is 1.16 bits per heavy atom. The highest BCUT2D eigenvalue weighted by Gasteiger charge is 2.50. The molecule has 1 spiro atoms. The summed E-state index contributed by atoms with van der Waals surface area (Å²) in [4.78, 5) is 15.8. The van der Waals surface area contributed by atoms with Crippen molar-refractivity contribution in [2.24, 2.45) is 5.41 Å². The Morgan fingerprint density at radius 3 is 2.61 bits per heavy atom. The van der Waals surface area contributed by atoms with Gasteiger partial charge in [-0.3, -0.25) is 0 Å². The van der Waals surface area contributed by atoms with Gasteiger partial charge in [0.15, 0.2) is 0 Å². The molecule has 8 nitrogen and oxygen atoms in total. The standard InChI is InChI=1S/C28H40N6O2S2/c1-19-26(32-38(35)27(2,3)4)28(18-36-19)9-12-33(13-10-28)24-16-31-25(17-30-24)37-23-7-5-6-22-21(23)8-11-34(22)20-14-29-15-20/h5-7,16-17,19-20,26,29,32H,8-15,18H2,1-4H3/t19-,26+,38+/m0/s1. The van der Waals surface area contributed by atoms with E-state index in [0.29, 0.717) is 6.04 Å². The smallest absolute Gasteiger partial charge is 0.147 e. The van der Waals surface area contributed by atoms with Crippen LogP contribution < -0.4 is 19.8 Å². The number of ether oxygens (including phenoxy) is 1. The van der Waals surface area contributed by atoms with Gasteiger partial charge in [0, 0.05) is 48.7 Å². The molecule has 6 rings (SSSR count). The quantitative estimate of drug-likeness (QED) is 0.561. The van der Waals surface area contributed by atoms with E-state index >= 15 is 0 Å². The highest BCUT2D eigenvalue weighted by molar-refractivity contribution is 7.99. The van der Waals surface area contributed by atoms with Gasteiger partial charge < -0.3 is 19.9 Å². The largest absolute Gasteiger partial charge is 0.376 e. The number of nitrogens with one attached hydrogen (secondary N) is 2. The van der Waals surface area contributed by atoms with Crippen LogP contribution in [-0.2, 0) is 22.1 Å². The van der Waals surface area contributed by atoms with Crippen LogP contribution in [0.1, 0.15) is 46.1 Å². The third-order valence-corrected chi connectivity index (χ3v) is 11.3. The molecule has 3 atom stereocenters. The van der Waals surface area contributed by atoms with E-state index in [0.717, 1.165) is 69.4 Å². The van der Waals surface area contributed by atoms with E-state index in [1.54, 1.807) is 11.8 Å². The lowest BCUT2D eigenvalue weighted by Crippen LogP contribution is -2.56. The Balaban J connectivity index is 1.09. The minimum Gasteiger partial charge on any atom is -0.376 e. The molecule has 0 amide bonds. The van der Waals surface area contributed by atoms with Crippen molar-refractivity contribution in [2.75, 3.05) is 49.1 Å². The summed E-state index contributed by atoms with van der Waals surface area (Å²) in [5, 5.41) is 4.33. The molecular weight excluding hydrogens is 516 g/mol. The summed E-state index contributed by atoms with van der Waals surface area (Å²) >= 11 is 1.72. The van der Waals surface area contributed by atoms with Crippen molar-refractivity contribution >= 4 is 34.3 Å². The third-order valence-electron chi connectivity index (χ3n) is 8.69. The average molecular weight is 557 g/mol. The fraction of sp³-hybridized carbons (Fsp3) is 0.643. The highest BCUT2D eigenvalue weighted by Crippen LogP contribution is 2.44. The summed E-state index contributed by atoms with van der Waals surface area (Å²) in [6.45, 7) is 13.9. The predicted octanol–water partition coefficient (Wildman–Crippen LogP) is 3.39. The van der Waals surface area contributed by atoms with E-state index in [-0.39, 0.29) is 22.3 Å². The van der Waals surface area contributed by atoms with Gasteiger partial charge in [-0.15, -0.1) is 0 Å². The molecule has 1 aromatic heterocycles. The fourth-order valence-electron chi connectivity index (χ4n) is 6.16. The zero-order chi connectivity index (χ0) is 26.5. The second kappa shape index (κ2) is 10.4. The van der Waals surface area contributed by atoms with Gasteiger partial charge in [-0.05, 0) is 64.7 Å². The van der Waals surface area contributed by atoms with Gasteiger partial charge >= 0.3 is 0 Å². The highest BCUT2D eigenvalue weighted by atomic mass is 32.2. The molecule has 0 unspecified atom stereocenters. The number of hydrogen-bond acceptors (Lipinski definition) is 8. The van der Waals surface area contributed by atoms with Gasteiger partial charge in [0.05, 0.1) is 52.9 Å². The molecule has 3 saturated heterocycles. The molecule has 3 fully saturated rings. The van der Waals surface area contributed by atoms with Gasteiger partial charge in [-0.1, -0.05) is 17.8 Å². The SMILES string of the molecule is C[C@@H]1OCC2(CCN(c3cnc(Sc4cccc5c4CCN5C4CNC4)cn3)CC2)[C@@H]1N[S@](=O)C(C)(C)C. The third kappa shape index (κ3) is 4.98. The molecule has 2 N–H and O–H groups in total. The van der Waals surface area contributed by atoms with Gasteiger partial charge in [-0.2, -0.15) is 0 Å². The van der Waals surface area contributed by atoms with Gasteiger partial charge in [0.1, 0.15) is 10.8 Å². The van der Waals surface area contributed by atoms with Crippen LogP contribution in [-0.4, -0.2) is 76.4 Å². The molecule has 38 heavy (non-hydrogen) atoms. The lowest BCUT2D eigenvalue weighted by Gasteiger charge is -2.43. The van der Waals surface area contributed by atoms with Crippen LogP contribution in [0.15, 0.2) is 40.5 Å². The van der Waals surface area contributed by atoms with E-state index in [1.807, 2.05) is 33.2 Å².